The number of guanidine groups is 1. The number of carbonyl (C=O) groups is 6. The predicted molar refractivity (Wildman–Crippen MR) is 118 cm³/mol. The van der Waals surface area contributed by atoms with Crippen LogP contribution in [0.15, 0.2) is 4.99 Å². The lowest BCUT2D eigenvalue weighted by atomic mass is 9.59. The number of esters is 4. The lowest BCUT2D eigenvalue weighted by Gasteiger charge is -2.58. The second kappa shape index (κ2) is 10.0. The van der Waals surface area contributed by atoms with Crippen molar-refractivity contribution < 1.29 is 57.2 Å². The average Bonchev–Trinajstić information content (AvgIpc) is 2.96. The van der Waals surface area contributed by atoms with Crippen LogP contribution in [0.25, 0.3) is 0 Å². The number of hydrogen-bond donors (Lipinski definition) is 2. The van der Waals surface area contributed by atoms with E-state index >= 15 is 0 Å². The van der Waals surface area contributed by atoms with Gasteiger partial charge in [0.2, 0.25) is 17.8 Å². The SMILES string of the molecule is CO[C@H]1O[C@@H]2C(=O)O[C@@H]3C1[C@@]2(N=C(NC(C)=O)NC(C)=O)[C@@H](OC(C)=O)C(OC(C)=O)[C@@]3(C)OC(C)=O. The normalized spacial score (nSPS) is 35.4. The first-order chi connectivity index (χ1) is 17.2. The molecule has 37 heavy (non-hydrogen) atoms. The first-order valence-corrected chi connectivity index (χ1v) is 11.2. The molecule has 0 aromatic heterocycles. The number of nitrogens with one attached hydrogen (secondary N) is 2. The largest absolute Gasteiger partial charge is 0.456 e. The van der Waals surface area contributed by atoms with Gasteiger partial charge in [-0.2, -0.15) is 0 Å². The van der Waals surface area contributed by atoms with Crippen molar-refractivity contribution in [3.8, 4) is 0 Å². The summed E-state index contributed by atoms with van der Waals surface area (Å²) in [5.74, 6) is -6.31. The first-order valence-electron chi connectivity index (χ1n) is 11.2. The first kappa shape index (κ1) is 28.0. The summed E-state index contributed by atoms with van der Waals surface area (Å²) >= 11 is 0. The molecule has 8 atom stereocenters. The number of nitrogens with zero attached hydrogens (tertiary/aromatic N) is 1. The number of hydrogen-bond acceptors (Lipinski definition) is 13. The Morgan fingerprint density at radius 3 is 1.89 bits per heavy atom. The van der Waals surface area contributed by atoms with E-state index in [1.165, 1.54) is 14.0 Å². The maximum atomic E-state index is 13.3. The van der Waals surface area contributed by atoms with Gasteiger partial charge in [-0.05, 0) is 6.92 Å². The molecule has 15 nitrogen and oxygen atoms in total. The molecule has 2 saturated heterocycles. The van der Waals surface area contributed by atoms with Crippen LogP contribution in [0.4, 0.5) is 0 Å². The molecule has 0 aromatic rings. The van der Waals surface area contributed by atoms with Gasteiger partial charge >= 0.3 is 23.9 Å². The predicted octanol–water partition coefficient (Wildman–Crippen LogP) is -1.53. The molecule has 1 aliphatic carbocycles. The van der Waals surface area contributed by atoms with Crippen LogP contribution < -0.4 is 10.6 Å². The molecule has 1 saturated carbocycles. The summed E-state index contributed by atoms with van der Waals surface area (Å²) in [6, 6.07) is 0. The van der Waals surface area contributed by atoms with Gasteiger partial charge in [-0.25, -0.2) is 9.79 Å². The van der Waals surface area contributed by atoms with Gasteiger partial charge in [-0.1, -0.05) is 0 Å². The maximum Gasteiger partial charge on any atom is 0.338 e. The van der Waals surface area contributed by atoms with Gasteiger partial charge in [0.15, 0.2) is 41.8 Å². The van der Waals surface area contributed by atoms with E-state index in [-0.39, 0.29) is 0 Å². The molecule has 204 valence electrons. The minimum absolute atomic E-state index is 0.404. The number of aliphatic imine (C=N–C) groups is 1. The maximum absolute atomic E-state index is 13.3. The van der Waals surface area contributed by atoms with Crippen LogP contribution >= 0.6 is 0 Å². The molecule has 2 heterocycles. The van der Waals surface area contributed by atoms with Crippen molar-refractivity contribution in [2.24, 2.45) is 10.9 Å². The molecule has 0 aromatic carbocycles. The second-order valence-corrected chi connectivity index (χ2v) is 9.05. The van der Waals surface area contributed by atoms with Crippen LogP contribution in [-0.4, -0.2) is 90.6 Å². The molecule has 2 aliphatic heterocycles. The molecule has 2 amide bonds. The Bertz CT molecular complexity index is 1040. The second-order valence-electron chi connectivity index (χ2n) is 9.05. The minimum Gasteiger partial charge on any atom is -0.456 e. The summed E-state index contributed by atoms with van der Waals surface area (Å²) in [5.41, 5.74) is -3.89. The Hall–Kier alpha value is -3.59. The fraction of sp³-hybridized carbons (Fsp3) is 0.682. The Morgan fingerprint density at radius 1 is 0.892 bits per heavy atom. The van der Waals surface area contributed by atoms with Gasteiger partial charge in [0.05, 0.1) is 5.92 Å². The number of ether oxygens (including phenoxy) is 6. The van der Waals surface area contributed by atoms with Gasteiger partial charge in [0, 0.05) is 41.7 Å². The molecule has 3 rings (SSSR count). The van der Waals surface area contributed by atoms with Crippen molar-refractivity contribution in [1.82, 2.24) is 10.6 Å². The third kappa shape index (κ3) is 4.87. The van der Waals surface area contributed by atoms with Crippen molar-refractivity contribution in [1.29, 1.82) is 0 Å². The molecular formula is C22H29N3O12. The number of rotatable bonds is 5. The highest BCUT2D eigenvalue weighted by Crippen LogP contribution is 2.58. The van der Waals surface area contributed by atoms with E-state index in [9.17, 15) is 28.8 Å². The van der Waals surface area contributed by atoms with Crippen LogP contribution in [-0.2, 0) is 57.2 Å². The number of carbonyl (C=O) groups excluding carboxylic acids is 6. The summed E-state index contributed by atoms with van der Waals surface area (Å²) in [4.78, 5) is 78.3. The van der Waals surface area contributed by atoms with Crippen molar-refractivity contribution in [3.05, 3.63) is 0 Å². The Kier molecular flexibility index (Phi) is 7.60. The fourth-order valence-corrected chi connectivity index (χ4v) is 5.26. The smallest absolute Gasteiger partial charge is 0.338 e. The molecule has 15 heteroatoms. The third-order valence-corrected chi connectivity index (χ3v) is 6.24. The van der Waals surface area contributed by atoms with Gasteiger partial charge in [0.25, 0.3) is 0 Å². The van der Waals surface area contributed by atoms with Gasteiger partial charge in [-0.3, -0.25) is 34.6 Å². The molecule has 0 spiro atoms. The highest BCUT2D eigenvalue weighted by molar-refractivity contribution is 6.04. The highest BCUT2D eigenvalue weighted by atomic mass is 16.7. The Morgan fingerprint density at radius 2 is 1.43 bits per heavy atom. The minimum atomic E-state index is -1.98. The van der Waals surface area contributed by atoms with Crippen LogP contribution in [0.1, 0.15) is 41.5 Å². The van der Waals surface area contributed by atoms with Crippen molar-refractivity contribution >= 4 is 41.7 Å². The van der Waals surface area contributed by atoms with Gasteiger partial charge < -0.3 is 28.4 Å². The van der Waals surface area contributed by atoms with E-state index in [4.69, 9.17) is 28.4 Å². The monoisotopic (exact) mass is 527 g/mol. The summed E-state index contributed by atoms with van der Waals surface area (Å²) in [5, 5.41) is 4.71. The zero-order chi connectivity index (χ0) is 27.9. The molecule has 0 radical (unpaired) electrons. The highest BCUT2D eigenvalue weighted by Gasteiger charge is 2.81. The van der Waals surface area contributed by atoms with Gasteiger partial charge in [0.1, 0.15) is 0 Å². The van der Waals surface area contributed by atoms with Crippen LogP contribution in [0.5, 0.6) is 0 Å². The molecule has 3 aliphatic rings. The molecule has 3 fully saturated rings. The van der Waals surface area contributed by atoms with Gasteiger partial charge in [-0.15, -0.1) is 0 Å². The van der Waals surface area contributed by atoms with Crippen molar-refractivity contribution in [2.45, 2.75) is 83.4 Å². The Balaban J connectivity index is 2.40. The van der Waals surface area contributed by atoms with E-state index in [1.807, 2.05) is 0 Å². The molecule has 2 N–H and O–H groups in total. The Labute approximate surface area is 211 Å². The average molecular weight is 527 g/mol. The van der Waals surface area contributed by atoms with Crippen LogP contribution in [0.2, 0.25) is 0 Å². The number of methoxy groups -OCH3 is 1. The lowest BCUT2D eigenvalue weighted by Crippen LogP contribution is -2.80. The quantitative estimate of drug-likeness (QED) is 0.181. The summed E-state index contributed by atoms with van der Waals surface area (Å²) in [6.45, 7) is 6.89. The zero-order valence-corrected chi connectivity index (χ0v) is 21.3. The van der Waals surface area contributed by atoms with E-state index in [2.05, 4.69) is 15.6 Å². The fourth-order valence-electron chi connectivity index (χ4n) is 5.26. The standard InChI is InChI=1S/C22H29N3O12/c1-8(26)23-20(24-9(2)27)25-22-13-14(35-18(31)17(22)36-19(13)32-7)21(6,37-12(5)30)15(33-10(3)28)16(22)34-11(4)29/h13-17,19H,1-7H3,(H2,23,24,25,26,27)/t13?,14-,15?,16+,17-,19+,21+,22-/m1/s1. The molecular weight excluding hydrogens is 498 g/mol. The van der Waals surface area contributed by atoms with Crippen LogP contribution in [0.3, 0.4) is 0 Å². The van der Waals surface area contributed by atoms with Crippen molar-refractivity contribution in [3.63, 3.8) is 0 Å². The zero-order valence-electron chi connectivity index (χ0n) is 21.3. The molecule has 4 bridgehead atoms. The van der Waals surface area contributed by atoms with E-state index < -0.39 is 89.4 Å². The van der Waals surface area contributed by atoms with Crippen molar-refractivity contribution in [2.75, 3.05) is 7.11 Å². The molecule has 2 unspecified atom stereocenters. The summed E-state index contributed by atoms with van der Waals surface area (Å²) < 4.78 is 33.7. The van der Waals surface area contributed by atoms with E-state index in [1.54, 1.807) is 0 Å². The topological polar surface area (TPSA) is 194 Å². The lowest BCUT2D eigenvalue weighted by molar-refractivity contribution is -0.279. The van der Waals surface area contributed by atoms with E-state index in [0.29, 0.717) is 0 Å². The summed E-state index contributed by atoms with van der Waals surface area (Å²) in [6.07, 6.45) is -7.46. The van der Waals surface area contributed by atoms with E-state index in [0.717, 1.165) is 34.6 Å². The van der Waals surface area contributed by atoms with Crippen LogP contribution in [0, 0.1) is 5.92 Å². The third-order valence-electron chi connectivity index (χ3n) is 6.24. The summed E-state index contributed by atoms with van der Waals surface area (Å²) in [7, 11) is 1.28. The number of amides is 2.